The Kier molecular flexibility index (Phi) is 7.87. The summed E-state index contributed by atoms with van der Waals surface area (Å²) in [5.74, 6) is -0.293. The van der Waals surface area contributed by atoms with Gasteiger partial charge in [-0.2, -0.15) is 4.31 Å². The number of hydrogen-bond donors (Lipinski definition) is 1. The Hall–Kier alpha value is -2.17. The molecule has 33 heavy (non-hydrogen) atoms. The summed E-state index contributed by atoms with van der Waals surface area (Å²) in [6, 6.07) is 4.97. The molecule has 4 rings (SSSR count). The number of hydrogen-bond acceptors (Lipinski definition) is 6. The lowest BCUT2D eigenvalue weighted by molar-refractivity contribution is -0.135. The van der Waals surface area contributed by atoms with Gasteiger partial charge in [0.25, 0.3) is 0 Å². The monoisotopic (exact) mass is 478 g/mol. The maximum absolute atomic E-state index is 13.2. The smallest absolute Gasteiger partial charge is 0.244 e. The summed E-state index contributed by atoms with van der Waals surface area (Å²) in [5, 5.41) is 2.92. The number of carbonyl (C=O) groups is 2. The molecule has 182 valence electrons. The maximum atomic E-state index is 13.2. The molecule has 1 aromatic rings. The minimum atomic E-state index is -3.69. The highest BCUT2D eigenvalue weighted by Crippen LogP contribution is 2.32. The van der Waals surface area contributed by atoms with Crippen LogP contribution in [0.2, 0.25) is 0 Å². The zero-order valence-electron chi connectivity index (χ0n) is 19.1. The van der Waals surface area contributed by atoms with Crippen LogP contribution in [-0.4, -0.2) is 81.9 Å². The molecule has 1 aromatic carbocycles. The Bertz CT molecular complexity index is 956. The van der Waals surface area contributed by atoms with E-state index in [2.05, 4.69) is 10.2 Å². The number of rotatable bonds is 6. The van der Waals surface area contributed by atoms with Crippen molar-refractivity contribution < 1.29 is 22.7 Å². The predicted octanol–water partition coefficient (Wildman–Crippen LogP) is 2.04. The number of ether oxygens (including phenoxy) is 1. The summed E-state index contributed by atoms with van der Waals surface area (Å²) in [5.41, 5.74) is 1.30. The Morgan fingerprint density at radius 3 is 2.39 bits per heavy atom. The molecule has 2 amide bonds. The lowest BCUT2D eigenvalue weighted by Crippen LogP contribution is -2.40. The van der Waals surface area contributed by atoms with Crippen molar-refractivity contribution in [3.63, 3.8) is 0 Å². The molecule has 3 aliphatic rings. The van der Waals surface area contributed by atoms with Gasteiger partial charge in [0.15, 0.2) is 0 Å². The van der Waals surface area contributed by atoms with E-state index in [1.165, 1.54) is 4.31 Å². The molecule has 3 heterocycles. The molecule has 0 aliphatic carbocycles. The third-order valence-corrected chi connectivity index (χ3v) is 8.45. The first-order chi connectivity index (χ1) is 15.9. The first-order valence-electron chi connectivity index (χ1n) is 12.0. The molecule has 0 unspecified atom stereocenters. The summed E-state index contributed by atoms with van der Waals surface area (Å²) in [4.78, 5) is 29.3. The van der Waals surface area contributed by atoms with E-state index >= 15 is 0 Å². The topological polar surface area (TPSA) is 99.3 Å². The number of carbonyl (C=O) groups excluding carboxylic acids is 2. The van der Waals surface area contributed by atoms with Crippen molar-refractivity contribution in [3.8, 4) is 0 Å². The van der Waals surface area contributed by atoms with Gasteiger partial charge in [-0.05, 0) is 43.9 Å². The summed E-state index contributed by atoms with van der Waals surface area (Å²) in [6.07, 6.45) is 6.46. The van der Waals surface area contributed by atoms with E-state index in [9.17, 15) is 18.0 Å². The minimum absolute atomic E-state index is 0.00765. The molecule has 0 bridgehead atoms. The van der Waals surface area contributed by atoms with Crippen LogP contribution in [0, 0.1) is 0 Å². The Morgan fingerprint density at radius 2 is 1.64 bits per heavy atom. The Labute approximate surface area is 196 Å². The van der Waals surface area contributed by atoms with Crippen LogP contribution < -0.4 is 10.2 Å². The molecule has 0 atom stereocenters. The third kappa shape index (κ3) is 5.85. The fourth-order valence-electron chi connectivity index (χ4n) is 4.69. The second-order valence-electron chi connectivity index (χ2n) is 8.92. The summed E-state index contributed by atoms with van der Waals surface area (Å²) in [7, 11) is -3.69. The van der Waals surface area contributed by atoms with Crippen molar-refractivity contribution in [1.82, 2.24) is 9.21 Å². The van der Waals surface area contributed by atoms with E-state index in [1.807, 2.05) is 0 Å². The molecule has 3 aliphatic heterocycles. The van der Waals surface area contributed by atoms with Gasteiger partial charge in [0.2, 0.25) is 21.8 Å². The second-order valence-corrected chi connectivity index (χ2v) is 10.9. The van der Waals surface area contributed by atoms with E-state index in [-0.39, 0.29) is 23.3 Å². The standard InChI is InChI=1S/C23H34N4O5S/c28-22(18-26-12-4-2-1-3-7-23(26)29)24-20-17-19(8-9-21(20)25-10-5-6-11-25)33(30,31)27-13-15-32-16-14-27/h8-9,17H,1-7,10-16,18H2,(H,24,28). The first-order valence-corrected chi connectivity index (χ1v) is 13.4. The Morgan fingerprint density at radius 1 is 0.939 bits per heavy atom. The minimum Gasteiger partial charge on any atom is -0.379 e. The summed E-state index contributed by atoms with van der Waals surface area (Å²) >= 11 is 0. The molecule has 3 fully saturated rings. The normalized spacial score (nSPS) is 21.0. The van der Waals surface area contributed by atoms with Crippen LogP contribution in [-0.2, 0) is 24.3 Å². The van der Waals surface area contributed by atoms with E-state index in [0.717, 1.165) is 57.3 Å². The summed E-state index contributed by atoms with van der Waals surface area (Å²) in [6.45, 7) is 3.67. The molecular formula is C23H34N4O5S. The van der Waals surface area contributed by atoms with Crippen molar-refractivity contribution in [1.29, 1.82) is 0 Å². The molecule has 0 radical (unpaired) electrons. The van der Waals surface area contributed by atoms with Gasteiger partial charge in [0, 0.05) is 39.1 Å². The van der Waals surface area contributed by atoms with E-state index in [4.69, 9.17) is 4.74 Å². The molecular weight excluding hydrogens is 444 g/mol. The molecule has 10 heteroatoms. The number of nitrogens with zero attached hydrogens (tertiary/aromatic N) is 3. The first kappa shape index (κ1) is 24.0. The number of amides is 2. The van der Waals surface area contributed by atoms with Crippen molar-refractivity contribution >= 4 is 33.2 Å². The van der Waals surface area contributed by atoms with Crippen LogP contribution in [0.1, 0.15) is 44.9 Å². The second kappa shape index (κ2) is 10.8. The molecule has 0 saturated carbocycles. The lowest BCUT2D eigenvalue weighted by Gasteiger charge is -2.28. The number of nitrogens with one attached hydrogen (secondary N) is 1. The molecule has 3 saturated heterocycles. The van der Waals surface area contributed by atoms with Crippen LogP contribution in [0.15, 0.2) is 23.1 Å². The van der Waals surface area contributed by atoms with Crippen LogP contribution in [0.5, 0.6) is 0 Å². The predicted molar refractivity (Wildman–Crippen MR) is 126 cm³/mol. The van der Waals surface area contributed by atoms with Crippen LogP contribution >= 0.6 is 0 Å². The van der Waals surface area contributed by atoms with Crippen LogP contribution in [0.3, 0.4) is 0 Å². The highest BCUT2D eigenvalue weighted by molar-refractivity contribution is 7.89. The number of likely N-dealkylation sites (tertiary alicyclic amines) is 1. The fourth-order valence-corrected chi connectivity index (χ4v) is 6.13. The SMILES string of the molecule is O=C(CN1CCCCCCC1=O)Nc1cc(S(=O)(=O)N2CCOCC2)ccc1N1CCCC1. The average molecular weight is 479 g/mol. The molecule has 9 nitrogen and oxygen atoms in total. The van der Waals surface area contributed by atoms with Crippen molar-refractivity contribution in [2.24, 2.45) is 0 Å². The van der Waals surface area contributed by atoms with Gasteiger partial charge >= 0.3 is 0 Å². The summed E-state index contributed by atoms with van der Waals surface area (Å²) < 4.78 is 33.1. The van der Waals surface area contributed by atoms with Gasteiger partial charge in [0.05, 0.1) is 36.0 Å². The zero-order chi connectivity index (χ0) is 23.3. The van der Waals surface area contributed by atoms with Gasteiger partial charge in [-0.15, -0.1) is 0 Å². The number of benzene rings is 1. The van der Waals surface area contributed by atoms with Gasteiger partial charge in [-0.1, -0.05) is 12.8 Å². The fraction of sp³-hybridized carbons (Fsp3) is 0.652. The van der Waals surface area contributed by atoms with Crippen molar-refractivity contribution in [3.05, 3.63) is 18.2 Å². The largest absolute Gasteiger partial charge is 0.379 e. The van der Waals surface area contributed by atoms with Gasteiger partial charge < -0.3 is 19.9 Å². The van der Waals surface area contributed by atoms with Crippen LogP contribution in [0.25, 0.3) is 0 Å². The molecule has 1 N–H and O–H groups in total. The van der Waals surface area contributed by atoms with E-state index < -0.39 is 10.0 Å². The van der Waals surface area contributed by atoms with Gasteiger partial charge in [-0.3, -0.25) is 9.59 Å². The maximum Gasteiger partial charge on any atom is 0.244 e. The van der Waals surface area contributed by atoms with E-state index in [1.54, 1.807) is 23.1 Å². The molecule has 0 spiro atoms. The lowest BCUT2D eigenvalue weighted by atomic mass is 10.1. The highest BCUT2D eigenvalue weighted by atomic mass is 32.2. The van der Waals surface area contributed by atoms with Crippen molar-refractivity contribution in [2.75, 3.05) is 62.7 Å². The Balaban J connectivity index is 1.55. The zero-order valence-corrected chi connectivity index (χ0v) is 19.9. The number of morpholine rings is 1. The van der Waals surface area contributed by atoms with Gasteiger partial charge in [-0.25, -0.2) is 8.42 Å². The van der Waals surface area contributed by atoms with E-state index in [0.29, 0.717) is 45.0 Å². The average Bonchev–Trinajstić information content (AvgIpc) is 3.34. The van der Waals surface area contributed by atoms with Crippen molar-refractivity contribution in [2.45, 2.75) is 49.8 Å². The quantitative estimate of drug-likeness (QED) is 0.672. The van der Waals surface area contributed by atoms with Gasteiger partial charge in [0.1, 0.15) is 0 Å². The molecule has 0 aromatic heterocycles. The third-order valence-electron chi connectivity index (χ3n) is 6.55. The highest BCUT2D eigenvalue weighted by Gasteiger charge is 2.28. The number of anilines is 2. The number of sulfonamides is 1. The van der Waals surface area contributed by atoms with Crippen LogP contribution in [0.4, 0.5) is 11.4 Å².